The van der Waals surface area contributed by atoms with Gasteiger partial charge >= 0.3 is 7.67 Å². The van der Waals surface area contributed by atoms with Gasteiger partial charge in [0.05, 0.1) is 33.1 Å². The monoisotopic (exact) mass is 371 g/mol. The molecule has 2 aromatic rings. The van der Waals surface area contributed by atoms with Crippen molar-refractivity contribution in [1.29, 1.82) is 5.26 Å². The second kappa shape index (κ2) is 7.12. The summed E-state index contributed by atoms with van der Waals surface area (Å²) in [6, 6.07) is 10.8. The summed E-state index contributed by atoms with van der Waals surface area (Å²) < 4.78 is 17.8. The molecule has 0 bridgehead atoms. The third-order valence-corrected chi connectivity index (χ3v) is 5.27. The van der Waals surface area contributed by atoms with E-state index < -0.39 is 7.67 Å². The van der Waals surface area contributed by atoms with Gasteiger partial charge in [-0.2, -0.15) is 5.26 Å². The van der Waals surface area contributed by atoms with Crippen LogP contribution in [0.2, 0.25) is 10.0 Å². The summed E-state index contributed by atoms with van der Waals surface area (Å²) in [4.78, 5) is 0. The Kier molecular flexibility index (Phi) is 5.40. The first-order valence-corrected chi connectivity index (χ1v) is 8.66. The van der Waals surface area contributed by atoms with Gasteiger partial charge in [-0.05, 0) is 30.3 Å². The number of phenols is 1. The number of aromatic hydroxyl groups is 1. The van der Waals surface area contributed by atoms with Crippen molar-refractivity contribution in [2.45, 2.75) is 0 Å². The van der Waals surface area contributed by atoms with Gasteiger partial charge in [0, 0.05) is 7.11 Å². The second-order valence-corrected chi connectivity index (χ2v) is 7.10. The van der Waals surface area contributed by atoms with Crippen molar-refractivity contribution in [3.05, 3.63) is 52.0 Å². The number of hydrogen-bond donors (Lipinski definition) is 3. The molecule has 0 spiro atoms. The molecule has 0 saturated carbocycles. The summed E-state index contributed by atoms with van der Waals surface area (Å²) in [7, 11) is -2.39. The number of anilines is 2. The molecule has 1 unspecified atom stereocenters. The summed E-state index contributed by atoms with van der Waals surface area (Å²) >= 11 is 12.0. The van der Waals surface area contributed by atoms with Gasteiger partial charge in [0.25, 0.3) is 0 Å². The lowest BCUT2D eigenvalue weighted by Crippen LogP contribution is -2.08. The highest BCUT2D eigenvalue weighted by atomic mass is 35.5. The van der Waals surface area contributed by atoms with Crippen LogP contribution in [0, 0.1) is 11.3 Å². The SMILES string of the molecule is COP(=O)(Nc1ccc(C#N)cc1O)Nc1cccc(Cl)c1Cl. The van der Waals surface area contributed by atoms with Crippen LogP contribution < -0.4 is 10.2 Å². The van der Waals surface area contributed by atoms with Gasteiger partial charge in [-0.15, -0.1) is 0 Å². The molecular weight excluding hydrogens is 360 g/mol. The largest absolute Gasteiger partial charge is 0.506 e. The van der Waals surface area contributed by atoms with Gasteiger partial charge in [0.2, 0.25) is 0 Å². The third-order valence-electron chi connectivity index (χ3n) is 2.87. The molecule has 0 fully saturated rings. The predicted octanol–water partition coefficient (Wildman–Crippen LogP) is 4.85. The maximum Gasteiger partial charge on any atom is 0.391 e. The fourth-order valence-corrected chi connectivity index (χ4v) is 3.38. The number of halogens is 2. The van der Waals surface area contributed by atoms with Crippen LogP contribution in [0.1, 0.15) is 5.56 Å². The van der Waals surface area contributed by atoms with Crippen LogP contribution >= 0.6 is 30.9 Å². The Bertz CT molecular complexity index is 823. The van der Waals surface area contributed by atoms with Crippen LogP contribution in [-0.2, 0) is 9.09 Å². The summed E-state index contributed by atoms with van der Waals surface area (Å²) in [6.45, 7) is 0. The van der Waals surface area contributed by atoms with Gasteiger partial charge in [-0.25, -0.2) is 4.57 Å². The Morgan fingerprint density at radius 2 is 1.91 bits per heavy atom. The van der Waals surface area contributed by atoms with Crippen LogP contribution in [0.25, 0.3) is 0 Å². The topological polar surface area (TPSA) is 94.4 Å². The minimum atomic E-state index is -3.63. The number of hydrogen-bond acceptors (Lipinski definition) is 4. The molecule has 2 rings (SSSR count). The van der Waals surface area contributed by atoms with Crippen molar-refractivity contribution in [3.63, 3.8) is 0 Å². The third kappa shape index (κ3) is 4.10. The smallest absolute Gasteiger partial charge is 0.391 e. The number of nitrogens with zero attached hydrogens (tertiary/aromatic N) is 1. The molecule has 0 saturated heterocycles. The summed E-state index contributed by atoms with van der Waals surface area (Å²) in [5.74, 6) is -0.236. The average Bonchev–Trinajstić information content (AvgIpc) is 2.54. The van der Waals surface area contributed by atoms with E-state index in [1.165, 1.54) is 25.3 Å². The number of nitrogens with one attached hydrogen (secondary N) is 2. The van der Waals surface area contributed by atoms with Crippen LogP contribution in [0.3, 0.4) is 0 Å². The van der Waals surface area contributed by atoms with E-state index in [4.69, 9.17) is 33.0 Å². The van der Waals surface area contributed by atoms with Crippen molar-refractivity contribution in [2.75, 3.05) is 17.3 Å². The Morgan fingerprint density at radius 1 is 1.22 bits per heavy atom. The molecule has 0 aromatic heterocycles. The van der Waals surface area contributed by atoms with E-state index >= 15 is 0 Å². The van der Waals surface area contributed by atoms with Gasteiger partial charge in [-0.1, -0.05) is 29.3 Å². The minimum absolute atomic E-state index is 0.139. The predicted molar refractivity (Wildman–Crippen MR) is 91.1 cm³/mol. The van der Waals surface area contributed by atoms with E-state index in [-0.39, 0.29) is 22.0 Å². The molecular formula is C14H12Cl2N3O3P. The van der Waals surface area contributed by atoms with Gasteiger partial charge in [0.15, 0.2) is 0 Å². The molecule has 23 heavy (non-hydrogen) atoms. The average molecular weight is 372 g/mol. The highest BCUT2D eigenvalue weighted by Crippen LogP contribution is 2.49. The first-order chi connectivity index (χ1) is 10.9. The summed E-state index contributed by atoms with van der Waals surface area (Å²) in [5, 5.41) is 24.4. The first-order valence-electron chi connectivity index (χ1n) is 6.28. The van der Waals surface area contributed by atoms with E-state index in [0.717, 1.165) is 0 Å². The normalized spacial score (nSPS) is 13.0. The summed E-state index contributed by atoms with van der Waals surface area (Å²) in [5.41, 5.74) is 0.718. The Labute approximate surface area is 143 Å². The van der Waals surface area contributed by atoms with Crippen molar-refractivity contribution in [1.82, 2.24) is 0 Å². The quantitative estimate of drug-likeness (QED) is 0.513. The standard InChI is InChI=1S/C14H12Cl2N3O3P/c1-22-23(21,19-12-4-2-3-10(15)14(12)16)18-11-6-5-9(8-17)7-13(11)20/h2-7,20H,1H3,(H2,18,19,21). The van der Waals surface area contributed by atoms with Crippen molar-refractivity contribution < 1.29 is 14.2 Å². The molecule has 0 amide bonds. The molecule has 120 valence electrons. The van der Waals surface area contributed by atoms with Crippen molar-refractivity contribution in [2.24, 2.45) is 0 Å². The molecule has 0 aliphatic carbocycles. The molecule has 0 heterocycles. The Morgan fingerprint density at radius 3 is 2.52 bits per heavy atom. The fraction of sp³-hybridized carbons (Fsp3) is 0.0714. The van der Waals surface area contributed by atoms with Gasteiger partial charge in [-0.3, -0.25) is 10.2 Å². The van der Waals surface area contributed by atoms with E-state index in [9.17, 15) is 9.67 Å². The fourth-order valence-electron chi connectivity index (χ4n) is 1.72. The zero-order valence-corrected chi connectivity index (χ0v) is 14.3. The minimum Gasteiger partial charge on any atom is -0.506 e. The molecule has 1 atom stereocenters. The van der Waals surface area contributed by atoms with Gasteiger partial charge in [0.1, 0.15) is 5.75 Å². The highest BCUT2D eigenvalue weighted by molar-refractivity contribution is 7.62. The Hall–Kier alpha value is -1.90. The highest BCUT2D eigenvalue weighted by Gasteiger charge is 2.24. The maximum atomic E-state index is 12.8. The molecule has 0 radical (unpaired) electrons. The lowest BCUT2D eigenvalue weighted by Gasteiger charge is -2.21. The number of rotatable bonds is 5. The van der Waals surface area contributed by atoms with E-state index in [1.807, 2.05) is 6.07 Å². The molecule has 6 nitrogen and oxygen atoms in total. The molecule has 2 aromatic carbocycles. The van der Waals surface area contributed by atoms with E-state index in [0.29, 0.717) is 10.7 Å². The van der Waals surface area contributed by atoms with Crippen molar-refractivity contribution in [3.8, 4) is 11.8 Å². The van der Waals surface area contributed by atoms with Crippen LogP contribution in [-0.4, -0.2) is 12.2 Å². The van der Waals surface area contributed by atoms with E-state index in [2.05, 4.69) is 10.2 Å². The maximum absolute atomic E-state index is 12.8. The number of nitriles is 1. The van der Waals surface area contributed by atoms with E-state index in [1.54, 1.807) is 18.2 Å². The number of phenolic OH excluding ortho intramolecular Hbond substituents is 1. The van der Waals surface area contributed by atoms with Crippen molar-refractivity contribution >= 4 is 42.2 Å². The number of benzene rings is 2. The molecule has 3 N–H and O–H groups in total. The second-order valence-electron chi connectivity index (χ2n) is 4.40. The van der Waals surface area contributed by atoms with Gasteiger partial charge < -0.3 is 9.63 Å². The molecule has 0 aliphatic rings. The van der Waals surface area contributed by atoms with Crippen LogP contribution in [0.15, 0.2) is 36.4 Å². The van der Waals surface area contributed by atoms with Crippen LogP contribution in [0.4, 0.5) is 11.4 Å². The first kappa shape index (κ1) is 17.5. The van der Waals surface area contributed by atoms with Crippen LogP contribution in [0.5, 0.6) is 5.75 Å². The summed E-state index contributed by atoms with van der Waals surface area (Å²) in [6.07, 6.45) is 0. The Balaban J connectivity index is 2.29. The zero-order valence-electron chi connectivity index (χ0n) is 11.9. The lowest BCUT2D eigenvalue weighted by atomic mass is 10.2. The zero-order chi connectivity index (χ0) is 17.0. The molecule has 9 heteroatoms. The molecule has 0 aliphatic heterocycles. The lowest BCUT2D eigenvalue weighted by molar-refractivity contribution is 0.402.